The van der Waals surface area contributed by atoms with Gasteiger partial charge >= 0.3 is 0 Å². The lowest BCUT2D eigenvalue weighted by atomic mass is 9.66. The van der Waals surface area contributed by atoms with Crippen molar-refractivity contribution < 1.29 is 26.7 Å². The van der Waals surface area contributed by atoms with E-state index in [0.29, 0.717) is 18.3 Å². The molecule has 2 bridgehead atoms. The van der Waals surface area contributed by atoms with E-state index in [4.69, 9.17) is 0 Å². The minimum Gasteiger partial charge on any atom is -0.381 e. The fourth-order valence-electron chi connectivity index (χ4n) is 6.25. The van der Waals surface area contributed by atoms with Gasteiger partial charge in [0.2, 0.25) is 0 Å². The molecule has 1 aromatic heterocycles. The number of likely N-dealkylation sites (tertiary alicyclic amines) is 1. The third-order valence-electron chi connectivity index (χ3n) is 8.55. The number of hydrogen-bond donors (Lipinski definition) is 2. The molecule has 1 amide bonds. The molecule has 3 fully saturated rings. The smallest absolute Gasteiger partial charge is 0.266 e. The molecule has 2 N–H and O–H groups in total. The van der Waals surface area contributed by atoms with Crippen LogP contribution < -0.4 is 16.2 Å². The van der Waals surface area contributed by atoms with Gasteiger partial charge in [0, 0.05) is 37.0 Å². The standard InChI is InChI=1S/C27H31F5N4O2/c1-14(17-5-3-6-18(22(17)28)24(29)30)33-25(38)19-13-36(27(26(31)32)7-4-8-27)21(37)10-20(19)34-23-15-9-16(23)12-35(2)11-15/h3,5-6,10,13-16,23-24,26,34H,4,7-9,11-12H2,1-2H3,(H,33,38)/t14?,15-,16+,23-. The first-order valence-corrected chi connectivity index (χ1v) is 12.9. The Balaban J connectivity index is 1.48. The highest BCUT2D eigenvalue weighted by molar-refractivity contribution is 5.99. The Morgan fingerprint density at radius 3 is 2.34 bits per heavy atom. The summed E-state index contributed by atoms with van der Waals surface area (Å²) >= 11 is 0. The van der Waals surface area contributed by atoms with E-state index in [2.05, 4.69) is 15.5 Å². The molecule has 1 aromatic carbocycles. The molecule has 6 nitrogen and oxygen atoms in total. The van der Waals surface area contributed by atoms with E-state index in [1.807, 2.05) is 7.05 Å². The average Bonchev–Trinajstić information content (AvgIpc) is 2.82. The van der Waals surface area contributed by atoms with Gasteiger partial charge in [0.1, 0.15) is 11.4 Å². The highest BCUT2D eigenvalue weighted by Crippen LogP contribution is 2.44. The van der Waals surface area contributed by atoms with Gasteiger partial charge in [-0.05, 0) is 51.5 Å². The van der Waals surface area contributed by atoms with Gasteiger partial charge in [-0.3, -0.25) is 9.59 Å². The zero-order chi connectivity index (χ0) is 27.4. The largest absolute Gasteiger partial charge is 0.381 e. The maximum Gasteiger partial charge on any atom is 0.266 e. The van der Waals surface area contributed by atoms with Crippen LogP contribution in [0.15, 0.2) is 35.3 Å². The second-order valence-electron chi connectivity index (χ2n) is 11.0. The van der Waals surface area contributed by atoms with Crippen LogP contribution in [0.5, 0.6) is 0 Å². The fourth-order valence-corrected chi connectivity index (χ4v) is 6.25. The quantitative estimate of drug-likeness (QED) is 0.469. The molecule has 0 spiro atoms. The molecule has 0 radical (unpaired) electrons. The lowest BCUT2D eigenvalue weighted by Gasteiger charge is -2.53. The van der Waals surface area contributed by atoms with Crippen molar-refractivity contribution in [2.75, 3.05) is 25.5 Å². The molecule has 1 unspecified atom stereocenters. The second-order valence-corrected chi connectivity index (χ2v) is 11.0. The number of piperidine rings is 2. The van der Waals surface area contributed by atoms with Crippen LogP contribution in [0.1, 0.15) is 66.6 Å². The minimum atomic E-state index is -3.02. The number of nitrogens with zero attached hydrogens (tertiary/aromatic N) is 2. The molecule has 4 atom stereocenters. The van der Waals surface area contributed by atoms with Gasteiger partial charge < -0.3 is 20.1 Å². The Hall–Kier alpha value is -2.95. The van der Waals surface area contributed by atoms with Gasteiger partial charge in [0.15, 0.2) is 0 Å². The monoisotopic (exact) mass is 538 g/mol. The number of rotatable bonds is 8. The summed E-state index contributed by atoms with van der Waals surface area (Å²) in [5.74, 6) is -1.19. The molecule has 3 aliphatic rings. The van der Waals surface area contributed by atoms with Crippen molar-refractivity contribution in [3.63, 3.8) is 0 Å². The summed E-state index contributed by atoms with van der Waals surface area (Å²) in [5, 5.41) is 5.94. The zero-order valence-electron chi connectivity index (χ0n) is 21.2. The molecular weight excluding hydrogens is 507 g/mol. The normalized spacial score (nSPS) is 25.0. The summed E-state index contributed by atoms with van der Waals surface area (Å²) in [6, 6.07) is 3.78. The first-order chi connectivity index (χ1) is 18.0. The summed E-state index contributed by atoms with van der Waals surface area (Å²) in [6.07, 6.45) is -2.87. The molecule has 38 heavy (non-hydrogen) atoms. The maximum absolute atomic E-state index is 14.7. The van der Waals surface area contributed by atoms with E-state index in [1.54, 1.807) is 0 Å². The van der Waals surface area contributed by atoms with Crippen LogP contribution in [0.2, 0.25) is 0 Å². The molecule has 2 aliphatic carbocycles. The summed E-state index contributed by atoms with van der Waals surface area (Å²) in [4.78, 5) is 28.8. The van der Waals surface area contributed by atoms with Crippen molar-refractivity contribution in [1.29, 1.82) is 0 Å². The number of benzene rings is 1. The first-order valence-electron chi connectivity index (χ1n) is 12.9. The van der Waals surface area contributed by atoms with Crippen LogP contribution in [-0.2, 0) is 5.54 Å². The van der Waals surface area contributed by atoms with E-state index in [1.165, 1.54) is 31.3 Å². The maximum atomic E-state index is 14.7. The van der Waals surface area contributed by atoms with E-state index in [-0.39, 0.29) is 35.7 Å². The Morgan fingerprint density at radius 1 is 1.11 bits per heavy atom. The molecule has 1 aliphatic heterocycles. The first kappa shape index (κ1) is 26.6. The number of aromatic nitrogens is 1. The Bertz CT molecular complexity index is 1270. The third kappa shape index (κ3) is 4.48. The highest BCUT2D eigenvalue weighted by atomic mass is 19.3. The van der Waals surface area contributed by atoms with E-state index in [0.717, 1.165) is 30.1 Å². The van der Waals surface area contributed by atoms with Gasteiger partial charge in [0.25, 0.3) is 24.3 Å². The summed E-state index contributed by atoms with van der Waals surface area (Å²) in [6.45, 7) is 3.17. The molecule has 11 heteroatoms. The minimum absolute atomic E-state index is 0.0212. The number of halogens is 5. The molecular formula is C27H31F5N4O2. The van der Waals surface area contributed by atoms with Crippen LogP contribution >= 0.6 is 0 Å². The fraction of sp³-hybridized carbons (Fsp3) is 0.556. The van der Waals surface area contributed by atoms with Gasteiger partial charge in [-0.25, -0.2) is 22.0 Å². The van der Waals surface area contributed by atoms with Crippen LogP contribution in [-0.4, -0.2) is 48.0 Å². The van der Waals surface area contributed by atoms with E-state index in [9.17, 15) is 31.5 Å². The Morgan fingerprint density at radius 2 is 1.76 bits per heavy atom. The lowest BCUT2D eigenvalue weighted by Crippen LogP contribution is -2.60. The van der Waals surface area contributed by atoms with Gasteiger partial charge in [-0.15, -0.1) is 0 Å². The van der Waals surface area contributed by atoms with Crippen molar-refractivity contribution >= 4 is 11.6 Å². The van der Waals surface area contributed by atoms with E-state index < -0.39 is 47.3 Å². The predicted molar refractivity (Wildman–Crippen MR) is 132 cm³/mol. The molecule has 5 rings (SSSR count). The third-order valence-corrected chi connectivity index (χ3v) is 8.55. The molecule has 2 saturated carbocycles. The molecule has 2 heterocycles. The lowest BCUT2D eigenvalue weighted by molar-refractivity contribution is -0.0504. The van der Waals surface area contributed by atoms with Gasteiger partial charge in [0.05, 0.1) is 22.9 Å². The second kappa shape index (κ2) is 9.98. The van der Waals surface area contributed by atoms with Crippen LogP contribution in [0.25, 0.3) is 0 Å². The topological polar surface area (TPSA) is 66.4 Å². The number of carbonyl (C=O) groups is 1. The van der Waals surface area contributed by atoms with Gasteiger partial charge in [-0.2, -0.15) is 0 Å². The SMILES string of the molecule is CC(NC(=O)c1cn(C2(C(F)F)CCC2)c(=O)cc1N[C@@H]1[C@@H]2C[C@H]1CN(C)C2)c1cccc(C(F)F)c1F. The summed E-state index contributed by atoms with van der Waals surface area (Å²) < 4.78 is 70.3. The van der Waals surface area contributed by atoms with Crippen LogP contribution in [0, 0.1) is 17.7 Å². The van der Waals surface area contributed by atoms with Crippen LogP contribution in [0.4, 0.5) is 27.6 Å². The summed E-state index contributed by atoms with van der Waals surface area (Å²) in [7, 11) is 2.03. The number of anilines is 1. The molecule has 1 saturated heterocycles. The van der Waals surface area contributed by atoms with Crippen molar-refractivity contribution in [3.8, 4) is 0 Å². The summed E-state index contributed by atoms with van der Waals surface area (Å²) in [5.41, 5.74) is -3.00. The number of hydrogen-bond acceptors (Lipinski definition) is 4. The Labute approximate surface area is 217 Å². The molecule has 2 aromatic rings. The van der Waals surface area contributed by atoms with Crippen LogP contribution in [0.3, 0.4) is 0 Å². The van der Waals surface area contributed by atoms with Crippen molar-refractivity contribution in [1.82, 2.24) is 14.8 Å². The van der Waals surface area contributed by atoms with Gasteiger partial charge in [-0.1, -0.05) is 18.2 Å². The predicted octanol–water partition coefficient (Wildman–Crippen LogP) is 4.92. The highest BCUT2D eigenvalue weighted by Gasteiger charge is 2.49. The number of amides is 1. The van der Waals surface area contributed by atoms with Crippen molar-refractivity contribution in [2.45, 2.75) is 63.1 Å². The number of nitrogens with one attached hydrogen (secondary N) is 2. The number of pyridine rings is 1. The van der Waals surface area contributed by atoms with Crippen molar-refractivity contribution in [3.05, 3.63) is 63.3 Å². The molecule has 206 valence electrons. The number of fused-ring (bicyclic) bond motifs is 2. The number of alkyl halides is 4. The van der Waals surface area contributed by atoms with Crippen molar-refractivity contribution in [2.24, 2.45) is 11.8 Å². The Kier molecular flexibility index (Phi) is 7.00. The zero-order valence-corrected chi connectivity index (χ0v) is 21.2. The average molecular weight is 539 g/mol. The number of carbonyl (C=O) groups excluding carboxylic acids is 1. The van der Waals surface area contributed by atoms with E-state index >= 15 is 0 Å².